The Labute approximate surface area is 235 Å². The molecule has 0 aliphatic heterocycles. The van der Waals surface area contributed by atoms with Crippen LogP contribution in [0.15, 0.2) is 42.6 Å². The van der Waals surface area contributed by atoms with Gasteiger partial charge in [0, 0.05) is 11.8 Å². The van der Waals surface area contributed by atoms with E-state index >= 15 is 0 Å². The van der Waals surface area contributed by atoms with Crippen LogP contribution in [-0.4, -0.2) is 11.6 Å². The molecule has 1 aliphatic rings. The van der Waals surface area contributed by atoms with E-state index in [2.05, 4.69) is 56.4 Å². The number of unbranched alkanes of at least 4 members (excludes halogenated alkanes) is 10. The Hall–Kier alpha value is -1.83. The molecule has 0 N–H and O–H groups in total. The lowest BCUT2D eigenvalue weighted by Gasteiger charge is -2.28. The number of pyridine rings is 1. The molecule has 0 radical (unpaired) electrons. The summed E-state index contributed by atoms with van der Waals surface area (Å²) in [7, 11) is 0. The van der Waals surface area contributed by atoms with Gasteiger partial charge in [-0.25, -0.2) is 0 Å². The third-order valence-electron chi connectivity index (χ3n) is 8.75. The lowest BCUT2D eigenvalue weighted by atomic mass is 9.78. The summed E-state index contributed by atoms with van der Waals surface area (Å²) in [5, 5.41) is 0. The van der Waals surface area contributed by atoms with Gasteiger partial charge in [0.05, 0.1) is 12.3 Å². The molecule has 0 atom stereocenters. The molecule has 1 heterocycles. The summed E-state index contributed by atoms with van der Waals surface area (Å²) < 4.78 is 6.08. The van der Waals surface area contributed by atoms with Crippen LogP contribution in [0.2, 0.25) is 0 Å². The van der Waals surface area contributed by atoms with Crippen molar-refractivity contribution in [2.75, 3.05) is 6.61 Å². The molecule has 2 nitrogen and oxygen atoms in total. The second-order valence-corrected chi connectivity index (χ2v) is 12.0. The molecular formula is C36H57NO. The van der Waals surface area contributed by atoms with Crippen molar-refractivity contribution in [3.05, 3.63) is 48.2 Å². The van der Waals surface area contributed by atoms with E-state index in [0.717, 1.165) is 36.3 Å². The molecule has 2 heteroatoms. The fraction of sp³-hybridized carbons (Fsp3) is 0.694. The maximum atomic E-state index is 6.08. The minimum Gasteiger partial charge on any atom is -0.494 e. The third-order valence-corrected chi connectivity index (χ3v) is 8.75. The highest BCUT2D eigenvalue weighted by Gasteiger charge is 2.20. The molecule has 2 aromatic rings. The number of aryl methyl sites for hydroxylation is 1. The van der Waals surface area contributed by atoms with Crippen LogP contribution in [-0.2, 0) is 6.42 Å². The fourth-order valence-corrected chi connectivity index (χ4v) is 6.16. The zero-order valence-electron chi connectivity index (χ0n) is 24.9. The van der Waals surface area contributed by atoms with Gasteiger partial charge in [0.25, 0.3) is 0 Å². The number of hydrogen-bond donors (Lipinski definition) is 0. The second kappa shape index (κ2) is 19.3. The maximum absolute atomic E-state index is 6.08. The Morgan fingerprint density at radius 1 is 0.632 bits per heavy atom. The Balaban J connectivity index is 1.25. The standard InChI is InChI=1S/C36H57NO/c1-3-5-7-9-10-12-14-17-33-23-28-36(37-30-33)34-24-26-35(27-25-34)38-29-15-18-32-21-19-31(20-22-32)16-13-11-8-6-4-2/h23-28,30-32H,3-22,29H2,1-2H3. The molecule has 3 rings (SSSR count). The van der Waals surface area contributed by atoms with Crippen molar-refractivity contribution in [3.63, 3.8) is 0 Å². The molecule has 0 amide bonds. The summed E-state index contributed by atoms with van der Waals surface area (Å²) in [4.78, 5) is 4.74. The van der Waals surface area contributed by atoms with E-state index < -0.39 is 0 Å². The quantitative estimate of drug-likeness (QED) is 0.162. The first-order valence-electron chi connectivity index (χ1n) is 16.5. The van der Waals surface area contributed by atoms with Crippen LogP contribution in [0.5, 0.6) is 5.75 Å². The van der Waals surface area contributed by atoms with Gasteiger partial charge in [-0.3, -0.25) is 4.98 Å². The van der Waals surface area contributed by atoms with E-state index in [1.165, 1.54) is 133 Å². The van der Waals surface area contributed by atoms with Gasteiger partial charge in [-0.1, -0.05) is 123 Å². The van der Waals surface area contributed by atoms with Crippen LogP contribution in [0.25, 0.3) is 11.3 Å². The molecule has 38 heavy (non-hydrogen) atoms. The van der Waals surface area contributed by atoms with E-state index in [4.69, 9.17) is 9.72 Å². The Morgan fingerprint density at radius 3 is 1.82 bits per heavy atom. The van der Waals surface area contributed by atoms with Gasteiger partial charge < -0.3 is 4.74 Å². The minimum atomic E-state index is 0.836. The summed E-state index contributed by atoms with van der Waals surface area (Å²) in [5.41, 5.74) is 3.58. The van der Waals surface area contributed by atoms with E-state index in [-0.39, 0.29) is 0 Å². The molecule has 0 spiro atoms. The number of nitrogens with zero attached hydrogens (tertiary/aromatic N) is 1. The zero-order valence-corrected chi connectivity index (χ0v) is 24.9. The van der Waals surface area contributed by atoms with Gasteiger partial charge in [-0.15, -0.1) is 0 Å². The highest BCUT2D eigenvalue weighted by Crippen LogP contribution is 2.34. The smallest absolute Gasteiger partial charge is 0.119 e. The predicted octanol–water partition coefficient (Wildman–Crippen LogP) is 11.4. The van der Waals surface area contributed by atoms with Crippen LogP contribution >= 0.6 is 0 Å². The number of rotatable bonds is 20. The molecule has 0 unspecified atom stereocenters. The lowest BCUT2D eigenvalue weighted by Crippen LogP contribution is -2.15. The van der Waals surface area contributed by atoms with Gasteiger partial charge in [-0.05, 0) is 73.4 Å². The van der Waals surface area contributed by atoms with Crippen molar-refractivity contribution < 1.29 is 4.74 Å². The molecule has 0 saturated heterocycles. The van der Waals surface area contributed by atoms with Crippen molar-refractivity contribution in [3.8, 4) is 17.0 Å². The lowest BCUT2D eigenvalue weighted by molar-refractivity contribution is 0.228. The van der Waals surface area contributed by atoms with Gasteiger partial charge in [-0.2, -0.15) is 0 Å². The summed E-state index contributed by atoms with van der Waals surface area (Å²) in [6.45, 7) is 5.42. The zero-order chi connectivity index (χ0) is 26.7. The van der Waals surface area contributed by atoms with Crippen molar-refractivity contribution in [1.29, 1.82) is 0 Å². The molecule has 0 bridgehead atoms. The van der Waals surface area contributed by atoms with E-state index in [1.54, 1.807) is 0 Å². The first-order chi connectivity index (χ1) is 18.8. The number of ether oxygens (including phenoxy) is 1. The number of benzene rings is 1. The Morgan fingerprint density at radius 2 is 1.21 bits per heavy atom. The second-order valence-electron chi connectivity index (χ2n) is 12.0. The summed E-state index contributed by atoms with van der Waals surface area (Å²) in [5.74, 6) is 2.92. The molecule has 1 saturated carbocycles. The predicted molar refractivity (Wildman–Crippen MR) is 165 cm³/mol. The highest BCUT2D eigenvalue weighted by molar-refractivity contribution is 5.60. The number of aromatic nitrogens is 1. The van der Waals surface area contributed by atoms with E-state index in [0.29, 0.717) is 0 Å². The first kappa shape index (κ1) is 30.7. The molecule has 1 aromatic carbocycles. The molecule has 1 aliphatic carbocycles. The Kier molecular flexibility index (Phi) is 15.6. The van der Waals surface area contributed by atoms with Crippen LogP contribution in [0.3, 0.4) is 0 Å². The van der Waals surface area contributed by atoms with Crippen molar-refractivity contribution in [1.82, 2.24) is 4.98 Å². The molecular weight excluding hydrogens is 462 g/mol. The van der Waals surface area contributed by atoms with Gasteiger partial charge in [0.1, 0.15) is 5.75 Å². The third kappa shape index (κ3) is 12.4. The van der Waals surface area contributed by atoms with Crippen molar-refractivity contribution in [2.45, 2.75) is 142 Å². The van der Waals surface area contributed by atoms with Gasteiger partial charge >= 0.3 is 0 Å². The summed E-state index contributed by atoms with van der Waals surface area (Å²) in [6.07, 6.45) is 29.7. The van der Waals surface area contributed by atoms with Crippen LogP contribution < -0.4 is 4.74 Å². The van der Waals surface area contributed by atoms with Crippen LogP contribution in [0.1, 0.15) is 141 Å². The molecule has 1 fully saturated rings. The molecule has 1 aromatic heterocycles. The van der Waals surface area contributed by atoms with E-state index in [1.807, 2.05) is 0 Å². The topological polar surface area (TPSA) is 22.1 Å². The Bertz CT molecular complexity index is 819. The van der Waals surface area contributed by atoms with Crippen molar-refractivity contribution in [2.24, 2.45) is 11.8 Å². The fourth-order valence-electron chi connectivity index (χ4n) is 6.16. The van der Waals surface area contributed by atoms with Gasteiger partial charge in [0.2, 0.25) is 0 Å². The number of hydrogen-bond acceptors (Lipinski definition) is 2. The van der Waals surface area contributed by atoms with E-state index in [9.17, 15) is 0 Å². The van der Waals surface area contributed by atoms with Crippen LogP contribution in [0.4, 0.5) is 0 Å². The SMILES string of the molecule is CCCCCCCCCc1ccc(-c2ccc(OCCCC3CCC(CCCCCCC)CC3)cc2)nc1. The maximum Gasteiger partial charge on any atom is 0.119 e. The average Bonchev–Trinajstić information content (AvgIpc) is 2.96. The first-order valence-corrected chi connectivity index (χ1v) is 16.5. The summed E-state index contributed by atoms with van der Waals surface area (Å²) in [6, 6.07) is 12.9. The monoisotopic (exact) mass is 519 g/mol. The minimum absolute atomic E-state index is 0.836. The molecule has 212 valence electrons. The van der Waals surface area contributed by atoms with Gasteiger partial charge in [0.15, 0.2) is 0 Å². The van der Waals surface area contributed by atoms with Crippen molar-refractivity contribution >= 4 is 0 Å². The summed E-state index contributed by atoms with van der Waals surface area (Å²) >= 11 is 0. The average molecular weight is 520 g/mol. The van der Waals surface area contributed by atoms with Crippen LogP contribution in [0, 0.1) is 11.8 Å². The normalized spacial score (nSPS) is 17.5. The largest absolute Gasteiger partial charge is 0.494 e. The highest BCUT2D eigenvalue weighted by atomic mass is 16.5.